The first kappa shape index (κ1) is 75.2. The Balaban J connectivity index is 0.000000172. The maximum absolute atomic E-state index is 4.39. The fraction of sp³-hybridized carbons (Fsp3) is 0.00901. The molecule has 0 heterocycles. The van der Waals surface area contributed by atoms with E-state index in [4.69, 9.17) is 0 Å². The molecule has 2 radical (unpaired) electrons. The largest absolute Gasteiger partial charge is 0.344 e. The van der Waals surface area contributed by atoms with Crippen LogP contribution in [0.15, 0.2) is 490 Å². The molecule has 119 heavy (non-hydrogen) atoms. The summed E-state index contributed by atoms with van der Waals surface area (Å²) < 4.78 is 2.81. The molecule has 0 aliphatic heterocycles. The van der Waals surface area contributed by atoms with Crippen molar-refractivity contribution < 1.29 is 0 Å². The number of hydrogen-bond donors (Lipinski definition) is 0. The van der Waals surface area contributed by atoms with Crippen molar-refractivity contribution in [3.05, 3.63) is 502 Å². The Kier molecular flexibility index (Phi) is 22.3. The molecule has 1 unspecified atom stereocenters. The molecule has 0 saturated heterocycles. The molecular weight excluding hydrogens is 1460 g/mol. The van der Waals surface area contributed by atoms with E-state index in [0.717, 1.165) is 85.3 Å². The van der Waals surface area contributed by atoms with Crippen molar-refractivity contribution in [1.29, 1.82) is 0 Å². The van der Waals surface area contributed by atoms with E-state index in [9.17, 15) is 0 Å². The van der Waals surface area contributed by atoms with Crippen LogP contribution in [0.2, 0.25) is 0 Å². The van der Waals surface area contributed by atoms with E-state index in [0.29, 0.717) is 0 Å². The molecule has 8 heteroatoms. The first-order valence-corrected chi connectivity index (χ1v) is 40.6. The van der Waals surface area contributed by atoms with Crippen LogP contribution in [0.4, 0.5) is 85.3 Å². The van der Waals surface area contributed by atoms with Gasteiger partial charge in [-0.2, -0.15) is 0 Å². The van der Waals surface area contributed by atoms with Gasteiger partial charge in [-0.3, -0.25) is 0 Å². The van der Waals surface area contributed by atoms with Crippen LogP contribution in [0.1, 0.15) is 22.6 Å². The highest BCUT2D eigenvalue weighted by Gasteiger charge is 2.24. The molecule has 0 aliphatic carbocycles. The minimum atomic E-state index is 0.0602. The van der Waals surface area contributed by atoms with Crippen LogP contribution in [-0.4, -0.2) is 7.98 Å². The van der Waals surface area contributed by atoms with Crippen molar-refractivity contribution in [2.24, 2.45) is 4.66 Å². The van der Waals surface area contributed by atoms with Crippen LogP contribution in [-0.2, 0) is 0 Å². The molecule has 0 spiro atoms. The highest BCUT2D eigenvalue weighted by molar-refractivity contribution is 7.05. The van der Waals surface area contributed by atoms with E-state index in [1.54, 1.807) is 0 Å². The van der Waals surface area contributed by atoms with Gasteiger partial charge in [-0.15, -0.1) is 0 Å². The van der Waals surface area contributed by atoms with Crippen LogP contribution in [0.5, 0.6) is 0 Å². The molecular formula is C111H82BN6P. The summed E-state index contributed by atoms with van der Waals surface area (Å²) in [5.41, 5.74) is 22.7. The molecule has 1 atom stereocenters. The summed E-state index contributed by atoms with van der Waals surface area (Å²) in [5.74, 6) is 0.0602. The minimum Gasteiger partial charge on any atom is -0.344 e. The number of benzene rings is 20. The number of anilines is 15. The summed E-state index contributed by atoms with van der Waals surface area (Å²) in [6.45, 7) is 0. The topological polar surface area (TPSA) is 28.6 Å². The summed E-state index contributed by atoms with van der Waals surface area (Å²) in [6.07, 6.45) is 0. The zero-order valence-electron chi connectivity index (χ0n) is 65.5. The molecule has 0 N–H and O–H groups in total. The lowest BCUT2D eigenvalue weighted by Crippen LogP contribution is -2.13. The van der Waals surface area contributed by atoms with Gasteiger partial charge < -0.3 is 29.2 Å². The molecule has 0 bridgehead atoms. The number of fused-ring (bicyclic) bond motifs is 5. The van der Waals surface area contributed by atoms with Crippen LogP contribution in [0.3, 0.4) is 0 Å². The van der Waals surface area contributed by atoms with E-state index in [1.807, 2.05) is 0 Å². The van der Waals surface area contributed by atoms with Crippen molar-refractivity contribution in [1.82, 2.24) is 0 Å². The predicted molar refractivity (Wildman–Crippen MR) is 510 cm³/mol. The average Bonchev–Trinajstić information content (AvgIpc) is 0.791. The maximum atomic E-state index is 4.39. The quantitative estimate of drug-likeness (QED) is 0.0457. The molecule has 0 aromatic heterocycles. The third kappa shape index (κ3) is 16.4. The van der Waals surface area contributed by atoms with Gasteiger partial charge in [0, 0.05) is 90.6 Å². The third-order valence-corrected chi connectivity index (χ3v) is 22.1. The van der Waals surface area contributed by atoms with Crippen molar-refractivity contribution in [3.8, 4) is 11.1 Å². The summed E-state index contributed by atoms with van der Waals surface area (Å²) >= 11 is 0. The van der Waals surface area contributed by atoms with Gasteiger partial charge in [0.25, 0.3) is 7.98 Å². The first-order valence-electron chi connectivity index (χ1n) is 40.2. The maximum Gasteiger partial charge on any atom is 0.265 e. The number of para-hydroxylation sites is 4. The van der Waals surface area contributed by atoms with Crippen molar-refractivity contribution >= 4 is 156 Å². The summed E-state index contributed by atoms with van der Waals surface area (Å²) in [5, 5.41) is 12.2. The molecule has 20 aromatic carbocycles. The second-order valence-electron chi connectivity index (χ2n) is 29.4. The van der Waals surface area contributed by atoms with E-state index < -0.39 is 0 Å². The lowest BCUT2D eigenvalue weighted by atomic mass is 9.84. The highest BCUT2D eigenvalue weighted by Crippen LogP contribution is 2.47. The zero-order chi connectivity index (χ0) is 80.1. The van der Waals surface area contributed by atoms with Gasteiger partial charge in [0.15, 0.2) is 0 Å². The fourth-order valence-electron chi connectivity index (χ4n) is 16.5. The van der Waals surface area contributed by atoms with Gasteiger partial charge in [0.05, 0.1) is 11.4 Å². The Morgan fingerprint density at radius 1 is 0.176 bits per heavy atom. The molecule has 0 saturated carbocycles. The first-order chi connectivity index (χ1) is 58.9. The third-order valence-electron chi connectivity index (χ3n) is 22.1. The highest BCUT2D eigenvalue weighted by atomic mass is 31.0. The van der Waals surface area contributed by atoms with E-state index >= 15 is 0 Å². The number of rotatable bonds is 19. The van der Waals surface area contributed by atoms with Gasteiger partial charge in [0.2, 0.25) is 0 Å². The van der Waals surface area contributed by atoms with Gasteiger partial charge in [-0.1, -0.05) is 315 Å². The van der Waals surface area contributed by atoms with Crippen LogP contribution in [0.25, 0.3) is 65.0 Å². The molecule has 0 fully saturated rings. The Bertz CT molecular complexity index is 6260. The smallest absolute Gasteiger partial charge is 0.265 e. The van der Waals surface area contributed by atoms with Crippen LogP contribution in [0, 0.1) is 0 Å². The molecule has 564 valence electrons. The Morgan fingerprint density at radius 2 is 0.403 bits per heavy atom. The minimum absolute atomic E-state index is 0.0602. The predicted octanol–water partition coefficient (Wildman–Crippen LogP) is 31.7. The molecule has 0 amide bonds. The Morgan fingerprint density at radius 3 is 0.773 bits per heavy atom. The Labute approximate surface area is 699 Å². The second-order valence-corrected chi connectivity index (χ2v) is 29.6. The number of hydrogen-bond acceptors (Lipinski definition) is 6. The monoisotopic (exact) mass is 1540 g/mol. The average molecular weight is 1540 g/mol. The molecule has 6 nitrogen and oxygen atoms in total. The van der Waals surface area contributed by atoms with Gasteiger partial charge in [-0.05, 0) is 250 Å². The van der Waals surface area contributed by atoms with Crippen LogP contribution < -0.4 is 24.5 Å². The van der Waals surface area contributed by atoms with E-state index in [1.165, 1.54) is 81.7 Å². The van der Waals surface area contributed by atoms with E-state index in [2.05, 4.69) is 531 Å². The molecule has 20 aromatic rings. The van der Waals surface area contributed by atoms with E-state index in [-0.39, 0.29) is 5.92 Å². The second kappa shape index (κ2) is 35.3. The van der Waals surface area contributed by atoms with Crippen LogP contribution >= 0.6 is 9.03 Å². The summed E-state index contributed by atoms with van der Waals surface area (Å²) in [6, 6.07) is 175. The van der Waals surface area contributed by atoms with Crippen molar-refractivity contribution in [2.45, 2.75) is 5.92 Å². The van der Waals surface area contributed by atoms with Gasteiger partial charge in [0.1, 0.15) is 0 Å². The van der Waals surface area contributed by atoms with Gasteiger partial charge in [-0.25, -0.2) is 0 Å². The lowest BCUT2D eigenvalue weighted by Gasteiger charge is -2.30. The summed E-state index contributed by atoms with van der Waals surface area (Å²) in [4.78, 5) is 11.7. The number of nitrogens with zero attached hydrogens (tertiary/aromatic N) is 6. The van der Waals surface area contributed by atoms with Crippen molar-refractivity contribution in [2.75, 3.05) is 24.5 Å². The normalized spacial score (nSPS) is 11.2. The SMILES string of the molecule is [B]N=P.c1ccc(C(c2ccc(N(c3ccc(N(c4ccccc4)c4ccc5ccccc5c4)cc3)c3ccc(N(c4ccccc4)c4ccc5ccccc5c4)cc3)cc2)c2ccc3ccccc3c2)cc1.c1ccc(N(c2ccc(-c3ccc(N(c4ccccc4)c4cccc5ccccc45)cc3)cc2)c2cccc3ccccc23)cc1. The van der Waals surface area contributed by atoms with Crippen molar-refractivity contribution in [3.63, 3.8) is 0 Å². The molecule has 20 rings (SSSR count). The molecule has 0 aliphatic rings. The van der Waals surface area contributed by atoms with Gasteiger partial charge >= 0.3 is 0 Å². The summed E-state index contributed by atoms with van der Waals surface area (Å²) in [7, 11) is 6.97. The zero-order valence-corrected chi connectivity index (χ0v) is 66.5. The lowest BCUT2D eigenvalue weighted by molar-refractivity contribution is 0.980. The Hall–Kier alpha value is -15.1. The standard InChI is InChI=1S/C67H49N3.C44H32N2.BHNP/c1-4-19-52(20-5-1)67(57-29-28-49-16-10-13-21-54(49)46-57)53-32-34-60(35-33-53)68(61-38-42-63(43-39-61)69(58-24-6-2-7-25-58)65-36-30-50-17-11-14-22-55(50)47-65)62-40-44-64(45-41-62)70(59-26-8-3-9-27-59)66-37-31-51-18-12-15-23-56(51)48-66;1-3-17-37(18-4-1)45(43-23-11-15-35-13-7-9-21-41(35)43)39-29-25-33(26-30-39)34-27-31-40(32-28-34)46(38-19-5-2-6-20-38)44-24-12-16-36-14-8-10-22-42(36)44;1-2-3/h1-48,67H;1-32H;3H. The fourth-order valence-corrected chi connectivity index (χ4v) is 16.5.